The zero-order chi connectivity index (χ0) is 39.2. The van der Waals surface area contributed by atoms with Crippen LogP contribution in [-0.2, 0) is 0 Å². The van der Waals surface area contributed by atoms with Crippen molar-refractivity contribution in [3.8, 4) is 0 Å². The van der Waals surface area contributed by atoms with Crippen molar-refractivity contribution < 1.29 is 0 Å². The van der Waals surface area contributed by atoms with E-state index in [2.05, 4.69) is 60.7 Å². The summed E-state index contributed by atoms with van der Waals surface area (Å²) in [5.74, 6) is 11.7. The number of unbranched alkanes of at least 4 members (excludes halogenated alkanes) is 1. The summed E-state index contributed by atoms with van der Waals surface area (Å²) in [4.78, 5) is 0. The number of nitrogens with two attached hydrogens (primary N) is 1. The van der Waals surface area contributed by atoms with E-state index < -0.39 is 0 Å². The van der Waals surface area contributed by atoms with Crippen LogP contribution in [0, 0.1) is 81.8 Å². The zero-order valence-corrected chi connectivity index (χ0v) is 38.5. The molecule has 6 fully saturated rings. The van der Waals surface area contributed by atoms with Gasteiger partial charge in [0.2, 0.25) is 0 Å². The standard InChI is InChI=1S/C53H98N2/c1-37(15-23-46-36-51(46)45-21-13-38(2)14-22-45)11-9-10-12-44(41(5)54)24-18-42-19-27-49(28-20-42)55-50-34-43(29-30-52(6,7)8)33-47(35-50)40(4)53(31-32-53)48-25-16-39(3)17-26-48/h37-51,55H,9-36,54H2,1-8H3/t37-,38?,39?,40?,41+,42?,43?,44-,45?,46?,47?,48?,49?,50?,51?/m0/s1. The Labute approximate surface area is 345 Å². The Morgan fingerprint density at radius 1 is 0.636 bits per heavy atom. The SMILES string of the molecule is CC1CCC(C2CC2CC[C@@H](C)CCCC[C@@H](CCC2CCC(NC3CC(CCC(C)(C)C)CC(C(C)C4(C5CCC(C)CC5)CC4)C3)CC2)[C@@H](C)N)CC1. The van der Waals surface area contributed by atoms with E-state index in [1.54, 1.807) is 19.3 Å². The van der Waals surface area contributed by atoms with E-state index in [-0.39, 0.29) is 0 Å². The molecule has 6 saturated carbocycles. The fraction of sp³-hybridized carbons (Fsp3) is 1.00. The minimum absolute atomic E-state index is 0.356. The van der Waals surface area contributed by atoms with Crippen LogP contribution in [0.4, 0.5) is 0 Å². The van der Waals surface area contributed by atoms with Gasteiger partial charge >= 0.3 is 0 Å². The van der Waals surface area contributed by atoms with Gasteiger partial charge in [0, 0.05) is 18.1 Å². The molecule has 6 aliphatic rings. The molecule has 55 heavy (non-hydrogen) atoms. The maximum atomic E-state index is 6.65. The van der Waals surface area contributed by atoms with Crippen LogP contribution in [0.15, 0.2) is 0 Å². The molecule has 3 N–H and O–H groups in total. The summed E-state index contributed by atoms with van der Waals surface area (Å²) in [6.07, 6.45) is 41.3. The lowest BCUT2D eigenvalue weighted by Gasteiger charge is -2.45. The monoisotopic (exact) mass is 763 g/mol. The second-order valence-electron chi connectivity index (χ2n) is 24.3. The Bertz CT molecular complexity index is 1080. The van der Waals surface area contributed by atoms with Gasteiger partial charge in [-0.3, -0.25) is 0 Å². The minimum Gasteiger partial charge on any atom is -0.328 e. The first kappa shape index (κ1) is 44.5. The van der Waals surface area contributed by atoms with Gasteiger partial charge in [-0.25, -0.2) is 0 Å². The number of rotatable bonds is 20. The van der Waals surface area contributed by atoms with Crippen LogP contribution in [0.3, 0.4) is 0 Å². The third-order valence-corrected chi connectivity index (χ3v) is 18.6. The molecule has 0 aromatic carbocycles. The fourth-order valence-corrected chi connectivity index (χ4v) is 14.1. The van der Waals surface area contributed by atoms with Crippen LogP contribution in [0.1, 0.15) is 235 Å². The molecule has 0 radical (unpaired) electrons. The summed E-state index contributed by atoms with van der Waals surface area (Å²) >= 11 is 0. The fourth-order valence-electron chi connectivity index (χ4n) is 14.1. The van der Waals surface area contributed by atoms with Gasteiger partial charge in [0.05, 0.1) is 0 Å². The van der Waals surface area contributed by atoms with Gasteiger partial charge in [-0.05, 0) is 211 Å². The summed E-state index contributed by atoms with van der Waals surface area (Å²) in [7, 11) is 0. The average Bonchev–Trinajstić information content (AvgIpc) is 4.10. The van der Waals surface area contributed by atoms with Crippen molar-refractivity contribution in [2.45, 2.75) is 253 Å². The average molecular weight is 763 g/mol. The number of nitrogens with one attached hydrogen (secondary N) is 1. The summed E-state index contributed by atoms with van der Waals surface area (Å²) in [5, 5.41) is 4.39. The quantitative estimate of drug-likeness (QED) is 0.121. The lowest BCUT2D eigenvalue weighted by molar-refractivity contribution is 0.0597. The van der Waals surface area contributed by atoms with Crippen LogP contribution in [-0.4, -0.2) is 18.1 Å². The van der Waals surface area contributed by atoms with Gasteiger partial charge in [-0.1, -0.05) is 106 Å². The minimum atomic E-state index is 0.356. The molecule has 320 valence electrons. The van der Waals surface area contributed by atoms with Crippen LogP contribution < -0.4 is 11.1 Å². The maximum absolute atomic E-state index is 6.65. The van der Waals surface area contributed by atoms with E-state index in [4.69, 9.17) is 5.73 Å². The Morgan fingerprint density at radius 3 is 1.93 bits per heavy atom. The van der Waals surface area contributed by atoms with Crippen molar-refractivity contribution in [1.29, 1.82) is 0 Å². The van der Waals surface area contributed by atoms with Crippen molar-refractivity contribution in [2.75, 3.05) is 0 Å². The molecule has 0 amide bonds. The lowest BCUT2D eigenvalue weighted by Crippen LogP contribution is -2.46. The van der Waals surface area contributed by atoms with E-state index in [9.17, 15) is 0 Å². The number of hydrogen-bond acceptors (Lipinski definition) is 2. The van der Waals surface area contributed by atoms with Gasteiger partial charge in [0.15, 0.2) is 0 Å². The smallest absolute Gasteiger partial charge is 0.00750 e. The molecule has 0 saturated heterocycles. The van der Waals surface area contributed by atoms with Crippen LogP contribution in [0.25, 0.3) is 0 Å². The molecule has 9 atom stereocenters. The number of hydrogen-bond donors (Lipinski definition) is 2. The van der Waals surface area contributed by atoms with E-state index in [0.29, 0.717) is 16.9 Å². The molecule has 0 heterocycles. The molecule has 2 nitrogen and oxygen atoms in total. The molecular formula is C53H98N2. The Hall–Kier alpha value is -0.0800. The van der Waals surface area contributed by atoms with Gasteiger partial charge < -0.3 is 11.1 Å². The first-order valence-corrected chi connectivity index (χ1v) is 25.8. The highest BCUT2D eigenvalue weighted by Gasteiger charge is 2.55. The van der Waals surface area contributed by atoms with Crippen molar-refractivity contribution in [3.63, 3.8) is 0 Å². The molecule has 6 aliphatic carbocycles. The van der Waals surface area contributed by atoms with Crippen LogP contribution in [0.2, 0.25) is 0 Å². The molecule has 0 aromatic heterocycles. The second-order valence-corrected chi connectivity index (χ2v) is 24.3. The predicted octanol–water partition coefficient (Wildman–Crippen LogP) is 15.2. The van der Waals surface area contributed by atoms with E-state index in [1.807, 2.05) is 0 Å². The molecule has 2 heteroatoms. The molecule has 6 unspecified atom stereocenters. The van der Waals surface area contributed by atoms with Gasteiger partial charge in [0.1, 0.15) is 0 Å². The molecular weight excluding hydrogens is 665 g/mol. The van der Waals surface area contributed by atoms with Gasteiger partial charge in [-0.15, -0.1) is 0 Å². The molecule has 0 aliphatic heterocycles. The largest absolute Gasteiger partial charge is 0.328 e. The molecule has 0 bridgehead atoms. The van der Waals surface area contributed by atoms with Gasteiger partial charge in [0.25, 0.3) is 0 Å². The van der Waals surface area contributed by atoms with Crippen molar-refractivity contribution >= 4 is 0 Å². The normalized spacial score (nSPS) is 38.9. The van der Waals surface area contributed by atoms with Crippen LogP contribution in [0.5, 0.6) is 0 Å². The van der Waals surface area contributed by atoms with Crippen LogP contribution >= 0.6 is 0 Å². The maximum Gasteiger partial charge on any atom is 0.00750 e. The van der Waals surface area contributed by atoms with E-state index in [1.165, 1.54) is 161 Å². The lowest BCUT2D eigenvalue weighted by atomic mass is 9.62. The molecule has 6 rings (SSSR count). The molecule has 0 spiro atoms. The predicted molar refractivity (Wildman–Crippen MR) is 240 cm³/mol. The second kappa shape index (κ2) is 20.5. The van der Waals surface area contributed by atoms with Crippen molar-refractivity contribution in [3.05, 3.63) is 0 Å². The first-order valence-electron chi connectivity index (χ1n) is 25.8. The summed E-state index contributed by atoms with van der Waals surface area (Å²) < 4.78 is 0. The zero-order valence-electron chi connectivity index (χ0n) is 38.5. The van der Waals surface area contributed by atoms with E-state index >= 15 is 0 Å². The third kappa shape index (κ3) is 13.5. The highest BCUT2D eigenvalue weighted by atomic mass is 15.0. The topological polar surface area (TPSA) is 38.0 Å². The highest BCUT2D eigenvalue weighted by molar-refractivity contribution is 5.05. The highest BCUT2D eigenvalue weighted by Crippen LogP contribution is 2.64. The summed E-state index contributed by atoms with van der Waals surface area (Å²) in [5.41, 5.74) is 7.82. The summed E-state index contributed by atoms with van der Waals surface area (Å²) in [6.45, 7) is 20.0. The first-order chi connectivity index (χ1) is 26.3. The van der Waals surface area contributed by atoms with Crippen molar-refractivity contribution in [1.82, 2.24) is 5.32 Å². The summed E-state index contributed by atoms with van der Waals surface area (Å²) in [6, 6.07) is 1.88. The van der Waals surface area contributed by atoms with E-state index in [0.717, 1.165) is 83.1 Å². The third-order valence-electron chi connectivity index (χ3n) is 18.6. The Morgan fingerprint density at radius 2 is 1.29 bits per heavy atom. The Kier molecular flexibility index (Phi) is 16.5. The van der Waals surface area contributed by atoms with Crippen molar-refractivity contribution in [2.24, 2.45) is 87.6 Å². The van der Waals surface area contributed by atoms with Gasteiger partial charge in [-0.2, -0.15) is 0 Å². The Balaban J connectivity index is 0.877. The molecule has 0 aromatic rings.